The molecular weight excluding hydrogens is 290 g/mol. The fourth-order valence-electron chi connectivity index (χ4n) is 2.68. The van der Waals surface area contributed by atoms with Crippen LogP contribution in [0.1, 0.15) is 27.2 Å². The second kappa shape index (κ2) is 7.68. The minimum Gasteiger partial charge on any atom is -0.497 e. The molecule has 128 valence electrons. The van der Waals surface area contributed by atoms with Crippen molar-refractivity contribution in [3.05, 3.63) is 24.3 Å². The highest BCUT2D eigenvalue weighted by molar-refractivity contribution is 5.78. The minimum atomic E-state index is -0.125. The highest BCUT2D eigenvalue weighted by Gasteiger charge is 2.22. The van der Waals surface area contributed by atoms with Gasteiger partial charge in [-0.05, 0) is 32.4 Å². The number of hydrogen-bond donors (Lipinski definition) is 1. The third kappa shape index (κ3) is 5.13. The standard InChI is InChI=1S/C18H29N3O2/c1-5-18(2,3)19-17(22)14-20-9-11-21(12-10-20)15-7-6-8-16(13-15)23-4/h6-8,13H,5,9-12,14H2,1-4H3,(H,19,22). The molecule has 1 saturated heterocycles. The van der Waals surface area contributed by atoms with Gasteiger partial charge in [-0.3, -0.25) is 9.69 Å². The highest BCUT2D eigenvalue weighted by Crippen LogP contribution is 2.22. The summed E-state index contributed by atoms with van der Waals surface area (Å²) < 4.78 is 5.29. The van der Waals surface area contributed by atoms with Crippen LogP contribution in [-0.4, -0.2) is 56.2 Å². The molecule has 1 amide bonds. The lowest BCUT2D eigenvalue weighted by Gasteiger charge is -2.36. The van der Waals surface area contributed by atoms with Crippen LogP contribution in [0.25, 0.3) is 0 Å². The summed E-state index contributed by atoms with van der Waals surface area (Å²) >= 11 is 0. The summed E-state index contributed by atoms with van der Waals surface area (Å²) in [5, 5.41) is 3.10. The molecule has 1 heterocycles. The molecule has 2 rings (SSSR count). The van der Waals surface area contributed by atoms with Gasteiger partial charge in [-0.2, -0.15) is 0 Å². The fourth-order valence-corrected chi connectivity index (χ4v) is 2.68. The van der Waals surface area contributed by atoms with Gasteiger partial charge in [0.2, 0.25) is 5.91 Å². The van der Waals surface area contributed by atoms with Crippen LogP contribution in [0.4, 0.5) is 5.69 Å². The molecule has 0 radical (unpaired) electrons. The Balaban J connectivity index is 1.83. The number of rotatable bonds is 6. The second-order valence-corrected chi connectivity index (χ2v) is 6.75. The van der Waals surface area contributed by atoms with Crippen LogP contribution in [-0.2, 0) is 4.79 Å². The first kappa shape index (κ1) is 17.6. The van der Waals surface area contributed by atoms with Crippen molar-refractivity contribution in [1.82, 2.24) is 10.2 Å². The normalized spacial score (nSPS) is 16.3. The number of amides is 1. The summed E-state index contributed by atoms with van der Waals surface area (Å²) in [5.41, 5.74) is 1.06. The van der Waals surface area contributed by atoms with E-state index in [9.17, 15) is 4.79 Å². The molecule has 0 saturated carbocycles. The van der Waals surface area contributed by atoms with Crippen molar-refractivity contribution < 1.29 is 9.53 Å². The number of carbonyl (C=O) groups excluding carboxylic acids is 1. The molecule has 0 atom stereocenters. The van der Waals surface area contributed by atoms with Gasteiger partial charge in [0.05, 0.1) is 13.7 Å². The molecule has 1 aromatic carbocycles. The molecule has 5 nitrogen and oxygen atoms in total. The highest BCUT2D eigenvalue weighted by atomic mass is 16.5. The van der Waals surface area contributed by atoms with E-state index in [1.54, 1.807) is 7.11 Å². The minimum absolute atomic E-state index is 0.117. The lowest BCUT2D eigenvalue weighted by Crippen LogP contribution is -2.52. The average Bonchev–Trinajstić information content (AvgIpc) is 2.55. The molecule has 1 fully saturated rings. The Bertz CT molecular complexity index is 523. The van der Waals surface area contributed by atoms with E-state index in [0.717, 1.165) is 38.3 Å². The van der Waals surface area contributed by atoms with E-state index in [4.69, 9.17) is 4.74 Å². The van der Waals surface area contributed by atoms with Crippen molar-refractivity contribution in [3.8, 4) is 5.75 Å². The van der Waals surface area contributed by atoms with E-state index in [2.05, 4.69) is 48.0 Å². The van der Waals surface area contributed by atoms with Crippen LogP contribution in [0.5, 0.6) is 5.75 Å². The van der Waals surface area contributed by atoms with Gasteiger partial charge in [-0.25, -0.2) is 0 Å². The molecule has 5 heteroatoms. The monoisotopic (exact) mass is 319 g/mol. The number of anilines is 1. The predicted molar refractivity (Wildman–Crippen MR) is 94.2 cm³/mol. The molecule has 23 heavy (non-hydrogen) atoms. The molecule has 0 bridgehead atoms. The third-order valence-electron chi connectivity index (χ3n) is 4.52. The van der Waals surface area contributed by atoms with E-state index in [1.807, 2.05) is 12.1 Å². The maximum Gasteiger partial charge on any atom is 0.234 e. The first-order chi connectivity index (χ1) is 10.9. The SMILES string of the molecule is CCC(C)(C)NC(=O)CN1CCN(c2cccc(OC)c2)CC1. The van der Waals surface area contributed by atoms with Crippen LogP contribution >= 0.6 is 0 Å². The van der Waals surface area contributed by atoms with Crippen molar-refractivity contribution in [1.29, 1.82) is 0 Å². The Hall–Kier alpha value is -1.75. The van der Waals surface area contributed by atoms with Crippen molar-refractivity contribution in [2.24, 2.45) is 0 Å². The zero-order valence-corrected chi connectivity index (χ0v) is 14.8. The van der Waals surface area contributed by atoms with Gasteiger partial charge >= 0.3 is 0 Å². The summed E-state index contributed by atoms with van der Waals surface area (Å²) in [6, 6.07) is 8.14. The van der Waals surface area contributed by atoms with Crippen LogP contribution < -0.4 is 15.0 Å². The topological polar surface area (TPSA) is 44.8 Å². The Kier molecular flexibility index (Phi) is 5.88. The van der Waals surface area contributed by atoms with Gasteiger partial charge in [0.15, 0.2) is 0 Å². The first-order valence-electron chi connectivity index (χ1n) is 8.36. The number of carbonyl (C=O) groups is 1. The summed E-state index contributed by atoms with van der Waals surface area (Å²) in [5.74, 6) is 0.998. The van der Waals surface area contributed by atoms with Crippen LogP contribution in [0.2, 0.25) is 0 Å². The Morgan fingerprint density at radius 1 is 1.26 bits per heavy atom. The molecule has 0 unspecified atom stereocenters. The first-order valence-corrected chi connectivity index (χ1v) is 8.36. The third-order valence-corrected chi connectivity index (χ3v) is 4.52. The lowest BCUT2D eigenvalue weighted by atomic mass is 10.0. The number of ether oxygens (including phenoxy) is 1. The summed E-state index contributed by atoms with van der Waals surface area (Å²) in [6.45, 7) is 10.4. The maximum atomic E-state index is 12.1. The average molecular weight is 319 g/mol. The number of nitrogens with one attached hydrogen (secondary N) is 1. The van der Waals surface area contributed by atoms with Gasteiger partial charge in [0.25, 0.3) is 0 Å². The number of methoxy groups -OCH3 is 1. The van der Waals surface area contributed by atoms with E-state index in [0.29, 0.717) is 6.54 Å². The molecule has 1 aliphatic heterocycles. The molecule has 1 N–H and O–H groups in total. The molecule has 0 aliphatic carbocycles. The fraction of sp³-hybridized carbons (Fsp3) is 0.611. The number of benzene rings is 1. The zero-order chi connectivity index (χ0) is 16.9. The van der Waals surface area contributed by atoms with Crippen molar-refractivity contribution >= 4 is 11.6 Å². The van der Waals surface area contributed by atoms with Gasteiger partial charge in [-0.1, -0.05) is 13.0 Å². The Morgan fingerprint density at radius 2 is 1.96 bits per heavy atom. The molecule has 1 aromatic rings. The largest absolute Gasteiger partial charge is 0.497 e. The maximum absolute atomic E-state index is 12.1. The van der Waals surface area contributed by atoms with Gasteiger partial charge < -0.3 is 15.0 Å². The Labute approximate surface area is 139 Å². The summed E-state index contributed by atoms with van der Waals surface area (Å²) in [7, 11) is 1.69. The second-order valence-electron chi connectivity index (χ2n) is 6.75. The van der Waals surface area contributed by atoms with Crippen molar-refractivity contribution in [3.63, 3.8) is 0 Å². The Morgan fingerprint density at radius 3 is 2.57 bits per heavy atom. The van der Waals surface area contributed by atoms with E-state index < -0.39 is 0 Å². The van der Waals surface area contributed by atoms with E-state index in [-0.39, 0.29) is 11.4 Å². The summed E-state index contributed by atoms with van der Waals surface area (Å²) in [4.78, 5) is 16.7. The predicted octanol–water partition coefficient (Wildman–Crippen LogP) is 2.12. The number of hydrogen-bond acceptors (Lipinski definition) is 4. The molecular formula is C18H29N3O2. The number of nitrogens with zero attached hydrogens (tertiary/aromatic N) is 2. The van der Waals surface area contributed by atoms with Gasteiger partial charge in [0, 0.05) is 43.5 Å². The van der Waals surface area contributed by atoms with E-state index >= 15 is 0 Å². The zero-order valence-electron chi connectivity index (χ0n) is 14.8. The van der Waals surface area contributed by atoms with Crippen molar-refractivity contribution in [2.45, 2.75) is 32.7 Å². The number of piperazine rings is 1. The van der Waals surface area contributed by atoms with Gasteiger partial charge in [0.1, 0.15) is 5.75 Å². The van der Waals surface area contributed by atoms with Crippen LogP contribution in [0.3, 0.4) is 0 Å². The molecule has 0 spiro atoms. The van der Waals surface area contributed by atoms with E-state index in [1.165, 1.54) is 5.69 Å². The lowest BCUT2D eigenvalue weighted by molar-refractivity contribution is -0.123. The van der Waals surface area contributed by atoms with Crippen LogP contribution in [0, 0.1) is 0 Å². The quantitative estimate of drug-likeness (QED) is 0.872. The molecule has 1 aliphatic rings. The van der Waals surface area contributed by atoms with Crippen LogP contribution in [0.15, 0.2) is 24.3 Å². The van der Waals surface area contributed by atoms with Crippen molar-refractivity contribution in [2.75, 3.05) is 44.7 Å². The summed E-state index contributed by atoms with van der Waals surface area (Å²) in [6.07, 6.45) is 0.933. The van der Waals surface area contributed by atoms with Gasteiger partial charge in [-0.15, -0.1) is 0 Å². The molecule has 0 aromatic heterocycles. The smallest absolute Gasteiger partial charge is 0.234 e.